The van der Waals surface area contributed by atoms with Gasteiger partial charge in [-0.1, -0.05) is 0 Å². The Morgan fingerprint density at radius 3 is 2.72 bits per heavy atom. The molecule has 1 aromatic rings. The van der Waals surface area contributed by atoms with E-state index in [0.29, 0.717) is 19.6 Å². The molecule has 2 atom stereocenters. The van der Waals surface area contributed by atoms with E-state index in [-0.39, 0.29) is 35.1 Å². The Hall–Kier alpha value is -2.19. The summed E-state index contributed by atoms with van der Waals surface area (Å²) in [6.07, 6.45) is -0.365. The number of benzene rings is 1. The second-order valence-electron chi connectivity index (χ2n) is 6.34. The highest BCUT2D eigenvalue weighted by Crippen LogP contribution is 2.42. The van der Waals surface area contributed by atoms with Gasteiger partial charge in [0.2, 0.25) is 0 Å². The van der Waals surface area contributed by atoms with Crippen LogP contribution in [0.1, 0.15) is 25.5 Å². The van der Waals surface area contributed by atoms with Crippen LogP contribution in [0, 0.1) is 11.6 Å². The van der Waals surface area contributed by atoms with Crippen LogP contribution < -0.4 is 15.1 Å². The van der Waals surface area contributed by atoms with Crippen molar-refractivity contribution in [1.82, 2.24) is 5.32 Å². The Bertz CT molecular complexity index is 738. The first-order chi connectivity index (χ1) is 11.8. The number of hydrogen-bond donors (Lipinski definition) is 3. The third-order valence-electron chi connectivity index (χ3n) is 4.64. The van der Waals surface area contributed by atoms with Gasteiger partial charge in [0.05, 0.1) is 11.3 Å². The molecular weight excluding hydrogens is 332 g/mol. The smallest absolute Gasteiger partial charge is 0.336 e. The van der Waals surface area contributed by atoms with Crippen molar-refractivity contribution in [3.63, 3.8) is 0 Å². The van der Waals surface area contributed by atoms with Crippen LogP contribution in [0.2, 0.25) is 0 Å². The lowest BCUT2D eigenvalue weighted by Crippen LogP contribution is -2.50. The number of halogens is 2. The van der Waals surface area contributed by atoms with Gasteiger partial charge in [0.25, 0.3) is 0 Å². The monoisotopic (exact) mass is 353 g/mol. The number of rotatable bonds is 3. The molecule has 1 fully saturated rings. The lowest BCUT2D eigenvalue weighted by molar-refractivity contribution is -0.133. The maximum Gasteiger partial charge on any atom is 0.336 e. The quantitative estimate of drug-likeness (QED) is 0.767. The molecule has 3 rings (SSSR count). The molecule has 1 aromatic carbocycles. The van der Waals surface area contributed by atoms with Crippen LogP contribution in [-0.4, -0.2) is 48.4 Å². The first-order valence-corrected chi connectivity index (χ1v) is 8.25. The van der Waals surface area contributed by atoms with Crippen molar-refractivity contribution >= 4 is 17.3 Å². The first-order valence-electron chi connectivity index (χ1n) is 8.25. The van der Waals surface area contributed by atoms with E-state index in [1.165, 1.54) is 11.1 Å². The Morgan fingerprint density at radius 2 is 2.12 bits per heavy atom. The van der Waals surface area contributed by atoms with Crippen molar-refractivity contribution in [3.8, 4) is 0 Å². The van der Waals surface area contributed by atoms with Gasteiger partial charge in [-0.25, -0.2) is 13.6 Å². The summed E-state index contributed by atoms with van der Waals surface area (Å²) in [4.78, 5) is 14.3. The molecule has 0 aliphatic carbocycles. The van der Waals surface area contributed by atoms with Crippen LogP contribution in [0.5, 0.6) is 0 Å². The SMILES string of the molecule is CCN1C=C(C(=O)O)C(O)c2cc(F)c(N3CCNC(C)C3)c(F)c21. The number of hydrogen-bond acceptors (Lipinski definition) is 5. The van der Waals surface area contributed by atoms with Gasteiger partial charge in [-0.2, -0.15) is 0 Å². The molecule has 3 N–H and O–H groups in total. The summed E-state index contributed by atoms with van der Waals surface area (Å²) in [7, 11) is 0. The number of carbonyl (C=O) groups is 1. The molecule has 8 heteroatoms. The van der Waals surface area contributed by atoms with Crippen LogP contribution in [0.15, 0.2) is 17.8 Å². The topological polar surface area (TPSA) is 76.0 Å². The summed E-state index contributed by atoms with van der Waals surface area (Å²) < 4.78 is 29.9. The molecular formula is C17H21F2N3O3. The second-order valence-corrected chi connectivity index (χ2v) is 6.34. The molecule has 1 saturated heterocycles. The number of piperazine rings is 1. The van der Waals surface area contributed by atoms with Crippen molar-refractivity contribution in [2.24, 2.45) is 0 Å². The summed E-state index contributed by atoms with van der Waals surface area (Å²) in [5.74, 6) is -2.89. The fraction of sp³-hybridized carbons (Fsp3) is 0.471. The molecule has 2 heterocycles. The molecule has 0 amide bonds. The van der Waals surface area contributed by atoms with E-state index in [1.54, 1.807) is 11.8 Å². The van der Waals surface area contributed by atoms with Crippen molar-refractivity contribution in [3.05, 3.63) is 35.0 Å². The molecule has 6 nitrogen and oxygen atoms in total. The molecule has 136 valence electrons. The molecule has 0 spiro atoms. The first kappa shape index (κ1) is 17.6. The van der Waals surface area contributed by atoms with Crippen LogP contribution in [-0.2, 0) is 4.79 Å². The second kappa shape index (κ2) is 6.61. The van der Waals surface area contributed by atoms with Gasteiger partial charge in [0, 0.05) is 44.0 Å². The van der Waals surface area contributed by atoms with E-state index in [1.807, 2.05) is 6.92 Å². The lowest BCUT2D eigenvalue weighted by Gasteiger charge is -2.37. The summed E-state index contributed by atoms with van der Waals surface area (Å²) in [6, 6.07) is 1.14. The van der Waals surface area contributed by atoms with E-state index in [4.69, 9.17) is 0 Å². The zero-order valence-electron chi connectivity index (χ0n) is 14.1. The summed E-state index contributed by atoms with van der Waals surface area (Å²) >= 11 is 0. The number of fused-ring (bicyclic) bond motifs is 1. The van der Waals surface area contributed by atoms with Crippen LogP contribution in [0.25, 0.3) is 0 Å². The van der Waals surface area contributed by atoms with E-state index in [2.05, 4.69) is 5.32 Å². The predicted molar refractivity (Wildman–Crippen MR) is 89.7 cm³/mol. The highest BCUT2D eigenvalue weighted by molar-refractivity contribution is 5.91. The molecule has 0 aromatic heterocycles. The largest absolute Gasteiger partial charge is 0.478 e. The van der Waals surface area contributed by atoms with E-state index in [9.17, 15) is 19.4 Å². The highest BCUT2D eigenvalue weighted by Gasteiger charge is 2.35. The maximum absolute atomic E-state index is 15.2. The minimum Gasteiger partial charge on any atom is -0.478 e. The van der Waals surface area contributed by atoms with Gasteiger partial charge < -0.3 is 25.3 Å². The number of aliphatic carboxylic acids is 1. The number of nitrogens with one attached hydrogen (secondary N) is 1. The van der Waals surface area contributed by atoms with Gasteiger partial charge >= 0.3 is 5.97 Å². The van der Waals surface area contributed by atoms with Crippen molar-refractivity contribution in [2.75, 3.05) is 36.0 Å². The minimum atomic E-state index is -1.57. The third-order valence-corrected chi connectivity index (χ3v) is 4.64. The van der Waals surface area contributed by atoms with Crippen molar-refractivity contribution in [1.29, 1.82) is 0 Å². The Kier molecular flexibility index (Phi) is 4.66. The molecule has 0 bridgehead atoms. The molecule has 25 heavy (non-hydrogen) atoms. The van der Waals surface area contributed by atoms with Crippen LogP contribution in [0.3, 0.4) is 0 Å². The molecule has 0 radical (unpaired) electrons. The molecule has 2 aliphatic heterocycles. The molecule has 2 aliphatic rings. The zero-order valence-corrected chi connectivity index (χ0v) is 14.1. The third kappa shape index (κ3) is 2.96. The number of aliphatic hydroxyl groups excluding tert-OH is 1. The van der Waals surface area contributed by atoms with E-state index >= 15 is 4.39 Å². The van der Waals surface area contributed by atoms with Crippen LogP contribution in [0.4, 0.5) is 20.2 Å². The zero-order chi connectivity index (χ0) is 18.3. The minimum absolute atomic E-state index is 0.0302. The fourth-order valence-corrected chi connectivity index (χ4v) is 3.43. The van der Waals surface area contributed by atoms with E-state index in [0.717, 1.165) is 6.07 Å². The van der Waals surface area contributed by atoms with Gasteiger partial charge in [-0.15, -0.1) is 0 Å². The van der Waals surface area contributed by atoms with Crippen molar-refractivity contribution in [2.45, 2.75) is 26.0 Å². The maximum atomic E-state index is 15.2. The number of aliphatic hydroxyl groups is 1. The van der Waals surface area contributed by atoms with Gasteiger partial charge in [0.15, 0.2) is 5.82 Å². The van der Waals surface area contributed by atoms with Gasteiger partial charge in [-0.05, 0) is 19.9 Å². The average Bonchev–Trinajstić information content (AvgIpc) is 2.55. The van der Waals surface area contributed by atoms with E-state index < -0.39 is 23.7 Å². The predicted octanol–water partition coefficient (Wildman–Crippen LogP) is 1.60. The summed E-state index contributed by atoms with van der Waals surface area (Å²) in [6.45, 7) is 5.48. The molecule has 2 unspecified atom stereocenters. The number of carboxylic acid groups (broad SMARTS) is 1. The summed E-state index contributed by atoms with van der Waals surface area (Å²) in [5.41, 5.74) is -0.479. The summed E-state index contributed by atoms with van der Waals surface area (Å²) in [5, 5.41) is 22.7. The standard InChI is InChI=1S/C17H21F2N3O3/c1-3-21-8-11(17(24)25)16(23)10-6-12(18)15(13(19)14(10)21)22-5-4-20-9(2)7-22/h6,8-9,16,20,23H,3-5,7H2,1-2H3,(H,24,25). The Balaban J connectivity index is 2.13. The highest BCUT2D eigenvalue weighted by atomic mass is 19.1. The molecule has 0 saturated carbocycles. The number of anilines is 2. The normalized spacial score (nSPS) is 23.3. The Labute approximate surface area is 144 Å². The van der Waals surface area contributed by atoms with Gasteiger partial charge in [-0.3, -0.25) is 0 Å². The van der Waals surface area contributed by atoms with Gasteiger partial charge in [0.1, 0.15) is 17.6 Å². The number of nitrogens with zero attached hydrogens (tertiary/aromatic N) is 2. The lowest BCUT2D eigenvalue weighted by atomic mass is 9.94. The average molecular weight is 353 g/mol. The Morgan fingerprint density at radius 1 is 1.40 bits per heavy atom. The van der Waals surface area contributed by atoms with Crippen LogP contribution >= 0.6 is 0 Å². The van der Waals surface area contributed by atoms with Crippen molar-refractivity contribution < 1.29 is 23.8 Å². The number of carboxylic acids is 1. The fourth-order valence-electron chi connectivity index (χ4n) is 3.43.